The molecule has 2 heterocycles. The van der Waals surface area contributed by atoms with E-state index in [2.05, 4.69) is 10.00 Å². The molecule has 172 valence electrons. The Kier molecular flexibility index (Phi) is 8.17. The van der Waals surface area contributed by atoms with Crippen LogP contribution in [0.5, 0.6) is 0 Å². The molecule has 1 aliphatic rings. The van der Waals surface area contributed by atoms with Gasteiger partial charge in [0, 0.05) is 58.9 Å². The van der Waals surface area contributed by atoms with Crippen molar-refractivity contribution in [3.63, 3.8) is 0 Å². The second kappa shape index (κ2) is 10.6. The fourth-order valence-electron chi connectivity index (χ4n) is 3.57. The second-order valence-corrected chi connectivity index (χ2v) is 10.1. The third-order valence-corrected chi connectivity index (χ3v) is 7.26. The van der Waals surface area contributed by atoms with E-state index in [1.165, 1.54) is 18.4 Å². The molecular weight excluding hydrogens is 418 g/mol. The molecule has 0 aliphatic carbocycles. The number of sulfonamides is 1. The number of aryl methyl sites for hydroxylation is 3. The number of ether oxygens (including phenoxy) is 1. The van der Waals surface area contributed by atoms with Gasteiger partial charge in [0.1, 0.15) is 0 Å². The van der Waals surface area contributed by atoms with Gasteiger partial charge >= 0.3 is 0 Å². The molecule has 0 atom stereocenters. The molecule has 9 nitrogen and oxygen atoms in total. The molecule has 0 saturated carbocycles. The lowest BCUT2D eigenvalue weighted by atomic mass is 10.1. The van der Waals surface area contributed by atoms with Gasteiger partial charge in [-0.25, -0.2) is 22.4 Å². The number of aliphatic hydroxyl groups excluding tert-OH is 1. The van der Waals surface area contributed by atoms with Crippen LogP contribution in [0.4, 0.5) is 0 Å². The van der Waals surface area contributed by atoms with Crippen LogP contribution in [0.25, 0.3) is 11.4 Å². The maximum Gasteiger partial charge on any atom is 0.242 e. The van der Waals surface area contributed by atoms with Crippen LogP contribution in [0.3, 0.4) is 0 Å². The van der Waals surface area contributed by atoms with Crippen LogP contribution in [0.1, 0.15) is 24.2 Å². The molecule has 0 unspecified atom stereocenters. The Morgan fingerprint density at radius 3 is 2.58 bits per heavy atom. The summed E-state index contributed by atoms with van der Waals surface area (Å²) in [6.07, 6.45) is 2.07. The lowest BCUT2D eigenvalue weighted by molar-refractivity contribution is 0.0368. The minimum absolute atomic E-state index is 0.0799. The fraction of sp³-hybridized carbons (Fsp3) is 0.619. The number of morpholine rings is 1. The van der Waals surface area contributed by atoms with Gasteiger partial charge in [-0.05, 0) is 37.5 Å². The molecule has 1 aromatic heterocycles. The number of hydrogen-bond acceptors (Lipinski definition) is 7. The van der Waals surface area contributed by atoms with Crippen LogP contribution < -0.4 is 0 Å². The minimum atomic E-state index is -3.55. The van der Waals surface area contributed by atoms with Gasteiger partial charge in [0.05, 0.1) is 18.1 Å². The summed E-state index contributed by atoms with van der Waals surface area (Å²) in [6, 6.07) is 5.12. The first-order chi connectivity index (χ1) is 14.8. The quantitative estimate of drug-likeness (QED) is 0.578. The first-order valence-electron chi connectivity index (χ1n) is 10.7. The van der Waals surface area contributed by atoms with Crippen molar-refractivity contribution in [1.29, 1.82) is 0 Å². The first kappa shape index (κ1) is 23.8. The van der Waals surface area contributed by atoms with E-state index in [4.69, 9.17) is 9.72 Å². The predicted octanol–water partition coefficient (Wildman–Crippen LogP) is 1.15. The number of nitrogens with zero attached hydrogens (tertiary/aromatic N) is 5. The molecule has 31 heavy (non-hydrogen) atoms. The lowest BCUT2D eigenvalue weighted by Crippen LogP contribution is -2.37. The molecule has 1 aliphatic heterocycles. The van der Waals surface area contributed by atoms with Crippen molar-refractivity contribution in [2.45, 2.75) is 37.6 Å². The van der Waals surface area contributed by atoms with E-state index in [-0.39, 0.29) is 11.5 Å². The monoisotopic (exact) mass is 451 g/mol. The van der Waals surface area contributed by atoms with Crippen molar-refractivity contribution in [3.8, 4) is 11.4 Å². The molecule has 1 N–H and O–H groups in total. The Hall–Kier alpha value is -1.85. The van der Waals surface area contributed by atoms with Crippen molar-refractivity contribution < 1.29 is 18.3 Å². The maximum atomic E-state index is 12.6. The van der Waals surface area contributed by atoms with Crippen LogP contribution in [0.15, 0.2) is 23.1 Å². The predicted molar refractivity (Wildman–Crippen MR) is 118 cm³/mol. The van der Waals surface area contributed by atoms with E-state index < -0.39 is 10.0 Å². The number of rotatable bonds is 10. The summed E-state index contributed by atoms with van der Waals surface area (Å²) >= 11 is 0. The summed E-state index contributed by atoms with van der Waals surface area (Å²) in [5, 5.41) is 13.8. The summed E-state index contributed by atoms with van der Waals surface area (Å²) in [4.78, 5) is 7.32. The van der Waals surface area contributed by atoms with Gasteiger partial charge in [-0.3, -0.25) is 4.90 Å². The standard InChI is InChI=1S/C21H33N5O4S/c1-17-7-8-18(31(28,29)24(2)3)16-19(17)21-22-20(6-4-13-27)23-26(21)10-5-9-25-11-14-30-15-12-25/h7-8,16,27H,4-6,9-15H2,1-3H3. The van der Waals surface area contributed by atoms with Crippen LogP contribution >= 0.6 is 0 Å². The van der Waals surface area contributed by atoms with E-state index >= 15 is 0 Å². The molecule has 3 rings (SSSR count). The molecule has 0 bridgehead atoms. The summed E-state index contributed by atoms with van der Waals surface area (Å²) in [5.74, 6) is 1.33. The van der Waals surface area contributed by atoms with E-state index in [0.717, 1.165) is 50.4 Å². The number of hydrogen-bond donors (Lipinski definition) is 1. The van der Waals surface area contributed by atoms with Crippen molar-refractivity contribution >= 4 is 10.0 Å². The van der Waals surface area contributed by atoms with Crippen LogP contribution in [0, 0.1) is 6.92 Å². The van der Waals surface area contributed by atoms with E-state index in [1.54, 1.807) is 12.1 Å². The highest BCUT2D eigenvalue weighted by atomic mass is 32.2. The maximum absolute atomic E-state index is 12.6. The number of aromatic nitrogens is 3. The van der Waals surface area contributed by atoms with Gasteiger partial charge in [0.15, 0.2) is 11.6 Å². The number of benzene rings is 1. The Morgan fingerprint density at radius 1 is 1.16 bits per heavy atom. The van der Waals surface area contributed by atoms with E-state index in [9.17, 15) is 13.5 Å². The summed E-state index contributed by atoms with van der Waals surface area (Å²) in [5.41, 5.74) is 1.70. The van der Waals surface area contributed by atoms with Gasteiger partial charge in [-0.15, -0.1) is 0 Å². The molecule has 1 fully saturated rings. The van der Waals surface area contributed by atoms with Gasteiger partial charge in [-0.1, -0.05) is 6.07 Å². The SMILES string of the molecule is Cc1ccc(S(=O)(=O)N(C)C)cc1-c1nc(CCCO)nn1CCCN1CCOCC1. The third-order valence-electron chi connectivity index (χ3n) is 5.45. The zero-order valence-electron chi connectivity index (χ0n) is 18.6. The molecule has 0 amide bonds. The van der Waals surface area contributed by atoms with Crippen molar-refractivity contribution in [2.24, 2.45) is 0 Å². The molecule has 10 heteroatoms. The summed E-state index contributed by atoms with van der Waals surface area (Å²) < 4.78 is 33.8. The highest BCUT2D eigenvalue weighted by Crippen LogP contribution is 2.27. The molecule has 0 spiro atoms. The fourth-order valence-corrected chi connectivity index (χ4v) is 4.50. The molecule has 1 aromatic carbocycles. The smallest absolute Gasteiger partial charge is 0.242 e. The lowest BCUT2D eigenvalue weighted by Gasteiger charge is -2.26. The normalized spacial score (nSPS) is 15.6. The zero-order valence-corrected chi connectivity index (χ0v) is 19.4. The molecule has 0 radical (unpaired) electrons. The van der Waals surface area contributed by atoms with Crippen LogP contribution in [0.2, 0.25) is 0 Å². The van der Waals surface area contributed by atoms with Crippen molar-refractivity contribution in [2.75, 3.05) is 53.6 Å². The van der Waals surface area contributed by atoms with Crippen LogP contribution in [-0.4, -0.2) is 91.0 Å². The zero-order chi connectivity index (χ0) is 22.4. The van der Waals surface area contributed by atoms with Crippen molar-refractivity contribution in [3.05, 3.63) is 29.6 Å². The largest absolute Gasteiger partial charge is 0.396 e. The van der Waals surface area contributed by atoms with Gasteiger partial charge in [0.2, 0.25) is 10.0 Å². The van der Waals surface area contributed by atoms with Crippen LogP contribution in [-0.2, 0) is 27.7 Å². The second-order valence-electron chi connectivity index (χ2n) is 7.97. The molecular formula is C21H33N5O4S. The van der Waals surface area contributed by atoms with E-state index in [1.807, 2.05) is 17.7 Å². The average Bonchev–Trinajstić information content (AvgIpc) is 3.15. The van der Waals surface area contributed by atoms with Gasteiger partial charge in [0.25, 0.3) is 0 Å². The Bertz CT molecular complexity index is 968. The minimum Gasteiger partial charge on any atom is -0.396 e. The Morgan fingerprint density at radius 2 is 1.90 bits per heavy atom. The van der Waals surface area contributed by atoms with Gasteiger partial charge < -0.3 is 9.84 Å². The highest BCUT2D eigenvalue weighted by Gasteiger charge is 2.21. The highest BCUT2D eigenvalue weighted by molar-refractivity contribution is 7.89. The van der Waals surface area contributed by atoms with E-state index in [0.29, 0.717) is 31.0 Å². The van der Waals surface area contributed by atoms with Crippen molar-refractivity contribution in [1.82, 2.24) is 24.0 Å². The average molecular weight is 452 g/mol. The number of aliphatic hydroxyl groups is 1. The first-order valence-corrected chi connectivity index (χ1v) is 12.1. The Balaban J connectivity index is 1.88. The molecule has 2 aromatic rings. The topological polar surface area (TPSA) is 101 Å². The molecule has 1 saturated heterocycles. The van der Waals surface area contributed by atoms with Gasteiger partial charge in [-0.2, -0.15) is 5.10 Å². The third kappa shape index (κ3) is 5.89. The summed E-state index contributed by atoms with van der Waals surface area (Å²) in [7, 11) is -0.504. The summed E-state index contributed by atoms with van der Waals surface area (Å²) in [6.45, 7) is 7.08. The Labute approximate surface area is 184 Å².